The van der Waals surface area contributed by atoms with Gasteiger partial charge in [-0.25, -0.2) is 0 Å². The summed E-state index contributed by atoms with van der Waals surface area (Å²) in [7, 11) is 0. The molecular formula is C10H14Br2O2. The molecule has 0 aromatic rings. The average Bonchev–Trinajstić information content (AvgIpc) is 2.05. The molecule has 2 fully saturated rings. The Morgan fingerprint density at radius 2 is 1.86 bits per heavy atom. The Morgan fingerprint density at radius 3 is 2.29 bits per heavy atom. The maximum absolute atomic E-state index is 5.65. The van der Waals surface area contributed by atoms with Crippen LogP contribution in [0.15, 0.2) is 9.47 Å². The number of allylic oxidation sites excluding steroid dienone is 1. The van der Waals surface area contributed by atoms with Crippen molar-refractivity contribution in [2.45, 2.75) is 44.7 Å². The van der Waals surface area contributed by atoms with Crippen molar-refractivity contribution in [3.63, 3.8) is 0 Å². The number of hydrogen-bond donors (Lipinski definition) is 0. The molecule has 0 aromatic heterocycles. The number of ether oxygens (including phenoxy) is 2. The SMILES string of the molecule is CC1OC2(CCC(C=C(Br)Br)CC2)O1. The molecule has 0 amide bonds. The summed E-state index contributed by atoms with van der Waals surface area (Å²) in [6, 6.07) is 0. The largest absolute Gasteiger partial charge is 0.321 e. The van der Waals surface area contributed by atoms with Gasteiger partial charge < -0.3 is 9.47 Å². The van der Waals surface area contributed by atoms with E-state index in [2.05, 4.69) is 37.9 Å². The molecule has 1 saturated carbocycles. The molecule has 0 atom stereocenters. The first-order chi connectivity index (χ1) is 6.60. The highest BCUT2D eigenvalue weighted by atomic mass is 79.9. The highest BCUT2D eigenvalue weighted by Crippen LogP contribution is 2.44. The van der Waals surface area contributed by atoms with Crippen molar-refractivity contribution < 1.29 is 9.47 Å². The molecule has 2 rings (SSSR count). The van der Waals surface area contributed by atoms with Gasteiger partial charge in [-0.05, 0) is 57.5 Å². The Morgan fingerprint density at radius 1 is 1.29 bits per heavy atom. The molecule has 0 bridgehead atoms. The lowest BCUT2D eigenvalue weighted by Gasteiger charge is -2.49. The van der Waals surface area contributed by atoms with Gasteiger partial charge >= 0.3 is 0 Å². The first-order valence-corrected chi connectivity index (χ1v) is 6.57. The van der Waals surface area contributed by atoms with Crippen LogP contribution in [-0.4, -0.2) is 12.1 Å². The Labute approximate surface area is 101 Å². The van der Waals surface area contributed by atoms with Crippen LogP contribution in [0, 0.1) is 5.92 Å². The quantitative estimate of drug-likeness (QED) is 0.728. The summed E-state index contributed by atoms with van der Waals surface area (Å²) >= 11 is 6.79. The van der Waals surface area contributed by atoms with Gasteiger partial charge in [0.2, 0.25) is 0 Å². The third-order valence-corrected chi connectivity index (χ3v) is 3.44. The van der Waals surface area contributed by atoms with Gasteiger partial charge in [0.15, 0.2) is 12.1 Å². The summed E-state index contributed by atoms with van der Waals surface area (Å²) in [5.74, 6) is 0.431. The molecule has 0 radical (unpaired) electrons. The van der Waals surface area contributed by atoms with Crippen LogP contribution in [0.25, 0.3) is 0 Å². The molecule has 0 unspecified atom stereocenters. The lowest BCUT2D eigenvalue weighted by molar-refractivity contribution is -0.453. The van der Waals surface area contributed by atoms with E-state index in [-0.39, 0.29) is 12.1 Å². The summed E-state index contributed by atoms with van der Waals surface area (Å²) < 4.78 is 12.4. The average molecular weight is 326 g/mol. The van der Waals surface area contributed by atoms with Crippen molar-refractivity contribution >= 4 is 31.9 Å². The summed E-state index contributed by atoms with van der Waals surface area (Å²) in [5.41, 5.74) is 0. The fourth-order valence-corrected chi connectivity index (χ4v) is 3.02. The lowest BCUT2D eigenvalue weighted by Crippen LogP contribution is -2.54. The van der Waals surface area contributed by atoms with Crippen LogP contribution in [0.1, 0.15) is 32.6 Å². The van der Waals surface area contributed by atoms with E-state index in [1.807, 2.05) is 6.92 Å². The van der Waals surface area contributed by atoms with E-state index in [0.717, 1.165) is 29.1 Å². The standard InChI is InChI=1S/C10H14Br2O2/c1-7-13-10(14-7)4-2-8(3-5-10)6-9(11)12/h6-8H,2-5H2,1H3. The Bertz CT molecular complexity index is 233. The lowest BCUT2D eigenvalue weighted by atomic mass is 9.84. The first-order valence-electron chi connectivity index (χ1n) is 4.98. The van der Waals surface area contributed by atoms with Crippen molar-refractivity contribution in [3.05, 3.63) is 9.47 Å². The molecule has 0 aromatic carbocycles. The Hall–Kier alpha value is 0.620. The van der Waals surface area contributed by atoms with E-state index in [0.29, 0.717) is 5.92 Å². The van der Waals surface area contributed by atoms with Crippen LogP contribution < -0.4 is 0 Å². The molecule has 1 heterocycles. The van der Waals surface area contributed by atoms with Gasteiger partial charge in [-0.2, -0.15) is 0 Å². The first kappa shape index (κ1) is 11.1. The predicted octanol–water partition coefficient (Wildman–Crippen LogP) is 3.90. The second kappa shape index (κ2) is 4.24. The van der Waals surface area contributed by atoms with Crippen LogP contribution in [-0.2, 0) is 9.47 Å². The van der Waals surface area contributed by atoms with Gasteiger partial charge in [-0.15, -0.1) is 0 Å². The Balaban J connectivity index is 1.84. The molecule has 4 heteroatoms. The van der Waals surface area contributed by atoms with Crippen LogP contribution in [0.4, 0.5) is 0 Å². The minimum Gasteiger partial charge on any atom is -0.321 e. The van der Waals surface area contributed by atoms with Crippen LogP contribution in [0.3, 0.4) is 0 Å². The maximum Gasteiger partial charge on any atom is 0.174 e. The molecule has 1 aliphatic carbocycles. The summed E-state index contributed by atoms with van der Waals surface area (Å²) in [4.78, 5) is 0. The van der Waals surface area contributed by atoms with Gasteiger partial charge in [-0.1, -0.05) is 6.08 Å². The van der Waals surface area contributed by atoms with Gasteiger partial charge in [0, 0.05) is 12.8 Å². The predicted molar refractivity (Wildman–Crippen MR) is 62.3 cm³/mol. The fraction of sp³-hybridized carbons (Fsp3) is 0.800. The molecule has 2 aliphatic rings. The molecule has 0 N–H and O–H groups in total. The van der Waals surface area contributed by atoms with Crippen LogP contribution in [0.2, 0.25) is 0 Å². The third kappa shape index (κ3) is 2.40. The Kier molecular flexibility index (Phi) is 3.37. The normalized spacial score (nSPS) is 41.9. The second-order valence-electron chi connectivity index (χ2n) is 4.01. The number of hydrogen-bond acceptors (Lipinski definition) is 2. The second-order valence-corrected chi connectivity index (χ2v) is 6.78. The van der Waals surface area contributed by atoms with E-state index in [9.17, 15) is 0 Å². The van der Waals surface area contributed by atoms with Gasteiger partial charge in [0.25, 0.3) is 0 Å². The number of rotatable bonds is 1. The van der Waals surface area contributed by atoms with Crippen LogP contribution in [0.5, 0.6) is 0 Å². The van der Waals surface area contributed by atoms with E-state index in [4.69, 9.17) is 9.47 Å². The van der Waals surface area contributed by atoms with Gasteiger partial charge in [-0.3, -0.25) is 0 Å². The zero-order chi connectivity index (χ0) is 10.2. The molecule has 2 nitrogen and oxygen atoms in total. The highest BCUT2D eigenvalue weighted by Gasteiger charge is 2.46. The van der Waals surface area contributed by atoms with Crippen molar-refractivity contribution in [1.82, 2.24) is 0 Å². The minimum atomic E-state index is -0.220. The van der Waals surface area contributed by atoms with Crippen LogP contribution >= 0.6 is 31.9 Å². The van der Waals surface area contributed by atoms with E-state index >= 15 is 0 Å². The molecule has 80 valence electrons. The molecular weight excluding hydrogens is 312 g/mol. The molecule has 1 spiro atoms. The summed E-state index contributed by atoms with van der Waals surface area (Å²) in [5, 5.41) is 0. The summed E-state index contributed by atoms with van der Waals surface area (Å²) in [6.07, 6.45) is 6.55. The van der Waals surface area contributed by atoms with Crippen molar-refractivity contribution in [3.8, 4) is 0 Å². The van der Waals surface area contributed by atoms with Crippen molar-refractivity contribution in [2.24, 2.45) is 5.92 Å². The smallest absolute Gasteiger partial charge is 0.174 e. The molecule has 1 aliphatic heterocycles. The zero-order valence-corrected chi connectivity index (χ0v) is 11.3. The van der Waals surface area contributed by atoms with E-state index < -0.39 is 0 Å². The topological polar surface area (TPSA) is 18.5 Å². The van der Waals surface area contributed by atoms with Gasteiger partial charge in [0.05, 0.1) is 3.39 Å². The van der Waals surface area contributed by atoms with E-state index in [1.54, 1.807) is 0 Å². The van der Waals surface area contributed by atoms with Gasteiger partial charge in [0.1, 0.15) is 0 Å². The van der Waals surface area contributed by atoms with E-state index in [1.165, 1.54) is 0 Å². The highest BCUT2D eigenvalue weighted by molar-refractivity contribution is 9.28. The zero-order valence-electron chi connectivity index (χ0n) is 8.13. The van der Waals surface area contributed by atoms with Crippen molar-refractivity contribution in [1.29, 1.82) is 0 Å². The molecule has 1 saturated heterocycles. The fourth-order valence-electron chi connectivity index (χ4n) is 2.27. The monoisotopic (exact) mass is 324 g/mol. The maximum atomic E-state index is 5.65. The third-order valence-electron chi connectivity index (χ3n) is 2.92. The van der Waals surface area contributed by atoms with Crippen molar-refractivity contribution in [2.75, 3.05) is 0 Å². The molecule has 14 heavy (non-hydrogen) atoms. The minimum absolute atomic E-state index is 0.00463. The summed E-state index contributed by atoms with van der Waals surface area (Å²) in [6.45, 7) is 1.95. The number of halogens is 2.